The molecule has 84 valence electrons. The number of aromatic amines is 1. The molecule has 0 saturated heterocycles. The Balaban J connectivity index is 1.97. The smallest absolute Gasteiger partial charge is 0.251 e. The van der Waals surface area contributed by atoms with Gasteiger partial charge in [-0.1, -0.05) is 0 Å². The van der Waals surface area contributed by atoms with E-state index >= 15 is 0 Å². The summed E-state index contributed by atoms with van der Waals surface area (Å²) in [5.41, 5.74) is 2.05. The fourth-order valence-corrected chi connectivity index (χ4v) is 1.45. The minimum absolute atomic E-state index is 0.149. The summed E-state index contributed by atoms with van der Waals surface area (Å²) < 4.78 is 0. The van der Waals surface area contributed by atoms with E-state index in [9.17, 15) is 4.79 Å². The molecule has 4 nitrogen and oxygen atoms in total. The van der Waals surface area contributed by atoms with E-state index in [4.69, 9.17) is 5.26 Å². The van der Waals surface area contributed by atoms with Gasteiger partial charge in [-0.3, -0.25) is 4.79 Å². The third-order valence-electron chi connectivity index (χ3n) is 2.38. The summed E-state index contributed by atoms with van der Waals surface area (Å²) in [5.74, 6) is -0.149. The third-order valence-corrected chi connectivity index (χ3v) is 2.38. The number of carbonyl (C=O) groups excluding carboxylic acids is 1. The maximum atomic E-state index is 11.7. The number of benzene rings is 1. The number of H-pyrrole nitrogens is 1. The van der Waals surface area contributed by atoms with E-state index in [1.807, 2.05) is 24.4 Å². The first-order chi connectivity index (χ1) is 8.29. The molecule has 0 spiro atoms. The van der Waals surface area contributed by atoms with Crippen molar-refractivity contribution >= 4 is 5.91 Å². The van der Waals surface area contributed by atoms with Crippen LogP contribution in [0.25, 0.3) is 0 Å². The van der Waals surface area contributed by atoms with Crippen LogP contribution in [0.2, 0.25) is 0 Å². The lowest BCUT2D eigenvalue weighted by atomic mass is 10.1. The van der Waals surface area contributed by atoms with Crippen LogP contribution < -0.4 is 5.32 Å². The zero-order chi connectivity index (χ0) is 12.1. The molecule has 0 bridgehead atoms. The lowest BCUT2D eigenvalue weighted by Crippen LogP contribution is -2.22. The average molecular weight is 225 g/mol. The second kappa shape index (κ2) is 4.99. The van der Waals surface area contributed by atoms with Crippen LogP contribution >= 0.6 is 0 Å². The molecule has 2 rings (SSSR count). The molecule has 1 heterocycles. The summed E-state index contributed by atoms with van der Waals surface area (Å²) in [6, 6.07) is 12.3. The van der Waals surface area contributed by atoms with Gasteiger partial charge in [0.15, 0.2) is 0 Å². The van der Waals surface area contributed by atoms with Gasteiger partial charge in [-0.25, -0.2) is 0 Å². The summed E-state index contributed by atoms with van der Waals surface area (Å²) in [5, 5.41) is 11.4. The number of nitrogens with zero attached hydrogens (tertiary/aromatic N) is 1. The molecule has 0 radical (unpaired) electrons. The van der Waals surface area contributed by atoms with Gasteiger partial charge in [0.25, 0.3) is 5.91 Å². The van der Waals surface area contributed by atoms with Crippen LogP contribution in [-0.2, 0) is 6.54 Å². The van der Waals surface area contributed by atoms with Crippen molar-refractivity contribution in [3.05, 3.63) is 59.4 Å². The minimum atomic E-state index is -0.149. The van der Waals surface area contributed by atoms with Crippen molar-refractivity contribution in [1.29, 1.82) is 5.26 Å². The van der Waals surface area contributed by atoms with Crippen LogP contribution in [0.15, 0.2) is 42.6 Å². The van der Waals surface area contributed by atoms with Crippen molar-refractivity contribution in [2.24, 2.45) is 0 Å². The van der Waals surface area contributed by atoms with Gasteiger partial charge in [0, 0.05) is 17.5 Å². The highest BCUT2D eigenvalue weighted by molar-refractivity contribution is 5.94. The highest BCUT2D eigenvalue weighted by Crippen LogP contribution is 2.03. The lowest BCUT2D eigenvalue weighted by Gasteiger charge is -2.03. The first-order valence-corrected chi connectivity index (χ1v) is 5.20. The van der Waals surface area contributed by atoms with E-state index in [0.29, 0.717) is 17.7 Å². The zero-order valence-electron chi connectivity index (χ0n) is 9.10. The first-order valence-electron chi connectivity index (χ1n) is 5.20. The predicted octanol–water partition coefficient (Wildman–Crippen LogP) is 1.82. The Morgan fingerprint density at radius 2 is 2.06 bits per heavy atom. The fourth-order valence-electron chi connectivity index (χ4n) is 1.45. The molecule has 1 amide bonds. The van der Waals surface area contributed by atoms with Crippen molar-refractivity contribution in [3.63, 3.8) is 0 Å². The number of rotatable bonds is 3. The van der Waals surface area contributed by atoms with Gasteiger partial charge in [0.2, 0.25) is 0 Å². The monoisotopic (exact) mass is 225 g/mol. The Morgan fingerprint density at radius 3 is 2.65 bits per heavy atom. The SMILES string of the molecule is N#Cc1ccc(C(=O)NCc2ccc[nH]2)cc1. The van der Waals surface area contributed by atoms with Crippen LogP contribution in [-0.4, -0.2) is 10.9 Å². The molecule has 0 unspecified atom stereocenters. The Hall–Kier alpha value is -2.54. The van der Waals surface area contributed by atoms with Gasteiger partial charge >= 0.3 is 0 Å². The number of aromatic nitrogens is 1. The minimum Gasteiger partial charge on any atom is -0.364 e. The normalized spacial score (nSPS) is 9.59. The maximum absolute atomic E-state index is 11.7. The Morgan fingerprint density at radius 1 is 1.29 bits per heavy atom. The highest BCUT2D eigenvalue weighted by Gasteiger charge is 2.04. The molecule has 0 fully saturated rings. The molecule has 2 N–H and O–H groups in total. The second-order valence-corrected chi connectivity index (χ2v) is 3.57. The fraction of sp³-hybridized carbons (Fsp3) is 0.0769. The van der Waals surface area contributed by atoms with E-state index in [2.05, 4.69) is 10.3 Å². The molecule has 1 aromatic carbocycles. The number of hydrogen-bond donors (Lipinski definition) is 2. The Bertz CT molecular complexity index is 535. The summed E-state index contributed by atoms with van der Waals surface area (Å²) in [7, 11) is 0. The van der Waals surface area contributed by atoms with E-state index in [0.717, 1.165) is 5.69 Å². The van der Waals surface area contributed by atoms with Crippen molar-refractivity contribution < 1.29 is 4.79 Å². The molecule has 17 heavy (non-hydrogen) atoms. The summed E-state index contributed by atoms with van der Waals surface area (Å²) in [6.45, 7) is 0.464. The molecule has 0 saturated carbocycles. The predicted molar refractivity (Wildman–Crippen MR) is 63.1 cm³/mol. The number of nitriles is 1. The molecular weight excluding hydrogens is 214 g/mol. The van der Waals surface area contributed by atoms with Crippen molar-refractivity contribution in [2.45, 2.75) is 6.54 Å². The zero-order valence-corrected chi connectivity index (χ0v) is 9.10. The standard InChI is InChI=1S/C13H11N3O/c14-8-10-3-5-11(6-4-10)13(17)16-9-12-2-1-7-15-12/h1-7,15H,9H2,(H,16,17). The van der Waals surface area contributed by atoms with Crippen LogP contribution in [0, 0.1) is 11.3 Å². The largest absolute Gasteiger partial charge is 0.364 e. The molecule has 1 aromatic heterocycles. The number of nitrogens with one attached hydrogen (secondary N) is 2. The number of hydrogen-bond acceptors (Lipinski definition) is 2. The number of amides is 1. The quantitative estimate of drug-likeness (QED) is 0.836. The van der Waals surface area contributed by atoms with Crippen LogP contribution in [0.1, 0.15) is 21.6 Å². The van der Waals surface area contributed by atoms with E-state index < -0.39 is 0 Å². The molecular formula is C13H11N3O. The van der Waals surface area contributed by atoms with Crippen molar-refractivity contribution in [1.82, 2.24) is 10.3 Å². The van der Waals surface area contributed by atoms with Gasteiger partial charge in [-0.05, 0) is 36.4 Å². The molecule has 0 aliphatic rings. The Kier molecular flexibility index (Phi) is 3.22. The third kappa shape index (κ3) is 2.73. The summed E-state index contributed by atoms with van der Waals surface area (Å²) in [6.07, 6.45) is 1.81. The van der Waals surface area contributed by atoms with Gasteiger partial charge in [-0.2, -0.15) is 5.26 Å². The molecule has 0 aliphatic carbocycles. The number of carbonyl (C=O) groups is 1. The molecule has 2 aromatic rings. The average Bonchev–Trinajstić information content (AvgIpc) is 2.89. The van der Waals surface area contributed by atoms with E-state index in [-0.39, 0.29) is 5.91 Å². The topological polar surface area (TPSA) is 68.7 Å². The highest BCUT2D eigenvalue weighted by atomic mass is 16.1. The van der Waals surface area contributed by atoms with Gasteiger partial charge in [0.05, 0.1) is 18.2 Å². The Labute approximate surface area is 98.9 Å². The van der Waals surface area contributed by atoms with Crippen molar-refractivity contribution in [2.75, 3.05) is 0 Å². The molecule has 4 heteroatoms. The maximum Gasteiger partial charge on any atom is 0.251 e. The van der Waals surface area contributed by atoms with Crippen molar-refractivity contribution in [3.8, 4) is 6.07 Å². The second-order valence-electron chi connectivity index (χ2n) is 3.57. The summed E-state index contributed by atoms with van der Waals surface area (Å²) >= 11 is 0. The van der Waals surface area contributed by atoms with Crippen LogP contribution in [0.5, 0.6) is 0 Å². The van der Waals surface area contributed by atoms with Gasteiger partial charge < -0.3 is 10.3 Å². The molecule has 0 atom stereocenters. The van der Waals surface area contributed by atoms with Crippen LogP contribution in [0.4, 0.5) is 0 Å². The van der Waals surface area contributed by atoms with Gasteiger partial charge in [0.1, 0.15) is 0 Å². The van der Waals surface area contributed by atoms with Crippen LogP contribution in [0.3, 0.4) is 0 Å². The van der Waals surface area contributed by atoms with E-state index in [1.165, 1.54) is 0 Å². The van der Waals surface area contributed by atoms with E-state index in [1.54, 1.807) is 24.3 Å². The van der Waals surface area contributed by atoms with Gasteiger partial charge in [-0.15, -0.1) is 0 Å². The first kappa shape index (κ1) is 11.0. The lowest BCUT2D eigenvalue weighted by molar-refractivity contribution is 0.0950. The molecule has 0 aliphatic heterocycles. The summed E-state index contributed by atoms with van der Waals surface area (Å²) in [4.78, 5) is 14.7.